The van der Waals surface area contributed by atoms with Gasteiger partial charge in [0.1, 0.15) is 5.54 Å². The lowest BCUT2D eigenvalue weighted by Gasteiger charge is -2.37. The van der Waals surface area contributed by atoms with E-state index in [1.165, 1.54) is 0 Å². The van der Waals surface area contributed by atoms with Crippen molar-refractivity contribution >= 4 is 10.8 Å². The van der Waals surface area contributed by atoms with Gasteiger partial charge in [0, 0.05) is 48.0 Å². The first-order valence-electron chi connectivity index (χ1n) is 6.82. The van der Waals surface area contributed by atoms with Gasteiger partial charge in [0.15, 0.2) is 0 Å². The molecule has 2 aliphatic rings. The molecule has 1 aliphatic heterocycles. The zero-order chi connectivity index (χ0) is 13.2. The Hall–Kier alpha value is -0.440. The third-order valence-corrected chi connectivity index (χ3v) is 5.04. The molecule has 0 aromatic carbocycles. The van der Waals surface area contributed by atoms with E-state index in [0.717, 1.165) is 44.0 Å². The van der Waals surface area contributed by atoms with Crippen molar-refractivity contribution in [3.63, 3.8) is 0 Å². The summed E-state index contributed by atoms with van der Waals surface area (Å²) in [4.78, 5) is 2.30. The Morgan fingerprint density at radius 1 is 1.44 bits per heavy atom. The first kappa shape index (κ1) is 14.0. The molecule has 4 nitrogen and oxygen atoms in total. The monoisotopic (exact) mass is 269 g/mol. The van der Waals surface area contributed by atoms with Gasteiger partial charge < -0.3 is 0 Å². The zero-order valence-corrected chi connectivity index (χ0v) is 12.1. The van der Waals surface area contributed by atoms with Crippen molar-refractivity contribution in [1.82, 2.24) is 10.2 Å². The summed E-state index contributed by atoms with van der Waals surface area (Å²) >= 11 is 0. The van der Waals surface area contributed by atoms with Gasteiger partial charge >= 0.3 is 0 Å². The van der Waals surface area contributed by atoms with Crippen LogP contribution in [0.4, 0.5) is 0 Å². The Bertz CT molecular complexity index is 352. The first-order chi connectivity index (χ1) is 8.55. The predicted octanol–water partition coefficient (Wildman–Crippen LogP) is 0.721. The van der Waals surface area contributed by atoms with Gasteiger partial charge in [-0.25, -0.2) is 0 Å². The second-order valence-corrected chi connectivity index (χ2v) is 7.48. The molecule has 0 spiro atoms. The molecule has 5 heteroatoms. The molecule has 2 rings (SSSR count). The van der Waals surface area contributed by atoms with Crippen molar-refractivity contribution in [3.8, 4) is 6.07 Å². The number of hydrogen-bond acceptors (Lipinski definition) is 4. The highest BCUT2D eigenvalue weighted by Gasteiger charge is 2.47. The molecular formula is C13H23N3OS. The number of nitrogens with one attached hydrogen (secondary N) is 1. The van der Waals surface area contributed by atoms with E-state index in [1.54, 1.807) is 0 Å². The van der Waals surface area contributed by atoms with Crippen molar-refractivity contribution in [2.75, 3.05) is 31.1 Å². The highest BCUT2D eigenvalue weighted by Crippen LogP contribution is 2.40. The van der Waals surface area contributed by atoms with E-state index in [-0.39, 0.29) is 0 Å². The minimum absolute atomic E-state index is 0.323. The third-order valence-electron chi connectivity index (χ3n) is 3.76. The van der Waals surface area contributed by atoms with Crippen LogP contribution in [0.1, 0.15) is 26.7 Å². The first-order valence-corrected chi connectivity index (χ1v) is 8.31. The smallest absolute Gasteiger partial charge is 0.122 e. The van der Waals surface area contributed by atoms with Crippen molar-refractivity contribution in [1.29, 1.82) is 5.26 Å². The molecule has 1 aliphatic carbocycles. The lowest BCUT2D eigenvalue weighted by molar-refractivity contribution is 0.200. The van der Waals surface area contributed by atoms with Crippen LogP contribution < -0.4 is 5.32 Å². The van der Waals surface area contributed by atoms with Gasteiger partial charge in [-0.1, -0.05) is 0 Å². The fourth-order valence-electron chi connectivity index (χ4n) is 2.73. The Balaban J connectivity index is 2.01. The molecule has 1 saturated heterocycles. The third kappa shape index (κ3) is 3.31. The minimum Gasteiger partial charge on any atom is -0.299 e. The van der Waals surface area contributed by atoms with Gasteiger partial charge in [-0.3, -0.25) is 14.4 Å². The summed E-state index contributed by atoms with van der Waals surface area (Å²) < 4.78 is 11.4. The van der Waals surface area contributed by atoms with Gasteiger partial charge in [-0.2, -0.15) is 5.26 Å². The van der Waals surface area contributed by atoms with E-state index in [0.29, 0.717) is 12.0 Å². The predicted molar refractivity (Wildman–Crippen MR) is 73.7 cm³/mol. The van der Waals surface area contributed by atoms with E-state index in [9.17, 15) is 9.47 Å². The molecule has 0 radical (unpaired) electrons. The number of nitrogens with zero attached hydrogens (tertiary/aromatic N) is 2. The normalized spacial score (nSPS) is 25.9. The highest BCUT2D eigenvalue weighted by molar-refractivity contribution is 7.85. The van der Waals surface area contributed by atoms with Crippen LogP contribution in [0.5, 0.6) is 0 Å². The topological polar surface area (TPSA) is 56.1 Å². The summed E-state index contributed by atoms with van der Waals surface area (Å²) in [6.45, 7) is 6.70. The Morgan fingerprint density at radius 2 is 2.06 bits per heavy atom. The van der Waals surface area contributed by atoms with Gasteiger partial charge in [-0.15, -0.1) is 0 Å². The van der Waals surface area contributed by atoms with Crippen LogP contribution in [-0.4, -0.2) is 51.8 Å². The fraction of sp³-hybridized carbons (Fsp3) is 0.923. The highest BCUT2D eigenvalue weighted by atomic mass is 32.2. The lowest BCUT2D eigenvalue weighted by atomic mass is 9.93. The maximum absolute atomic E-state index is 11.4. The standard InChI is InChI=1S/C13H23N3OS/c1-11(2)15-13(9-14,12-3-4-12)10-16-5-7-18(17)8-6-16/h11-12,15H,3-8,10H2,1-2H3. The molecule has 1 heterocycles. The average molecular weight is 269 g/mol. The molecule has 2 fully saturated rings. The quantitative estimate of drug-likeness (QED) is 0.799. The van der Waals surface area contributed by atoms with Crippen molar-refractivity contribution in [2.45, 2.75) is 38.3 Å². The van der Waals surface area contributed by atoms with Crippen molar-refractivity contribution in [2.24, 2.45) is 5.92 Å². The fourth-order valence-corrected chi connectivity index (χ4v) is 3.86. The molecule has 1 N–H and O–H groups in total. The zero-order valence-electron chi connectivity index (χ0n) is 11.3. The van der Waals surface area contributed by atoms with E-state index in [4.69, 9.17) is 0 Å². The van der Waals surface area contributed by atoms with Gasteiger partial charge in [0.05, 0.1) is 6.07 Å². The van der Waals surface area contributed by atoms with Gasteiger partial charge in [0.2, 0.25) is 0 Å². The van der Waals surface area contributed by atoms with Crippen molar-refractivity contribution < 1.29 is 4.21 Å². The van der Waals surface area contributed by atoms with Crippen LogP contribution >= 0.6 is 0 Å². The van der Waals surface area contributed by atoms with Crippen molar-refractivity contribution in [3.05, 3.63) is 0 Å². The molecule has 0 amide bonds. The Morgan fingerprint density at radius 3 is 2.50 bits per heavy atom. The van der Waals surface area contributed by atoms with Gasteiger partial charge in [0.25, 0.3) is 0 Å². The molecule has 1 unspecified atom stereocenters. The van der Waals surface area contributed by atoms with E-state index in [1.807, 2.05) is 0 Å². The SMILES string of the molecule is CC(C)NC(C#N)(CN1CCS(=O)CC1)C1CC1. The molecule has 0 bridgehead atoms. The Kier molecular flexibility index (Phi) is 4.41. The number of hydrogen-bond donors (Lipinski definition) is 1. The van der Waals surface area contributed by atoms with Crippen LogP contribution in [-0.2, 0) is 10.8 Å². The van der Waals surface area contributed by atoms with Gasteiger partial charge in [-0.05, 0) is 32.6 Å². The minimum atomic E-state index is -0.642. The molecule has 18 heavy (non-hydrogen) atoms. The molecule has 0 aromatic rings. The van der Waals surface area contributed by atoms with E-state index >= 15 is 0 Å². The largest absolute Gasteiger partial charge is 0.299 e. The Labute approximate surface area is 112 Å². The molecular weight excluding hydrogens is 246 g/mol. The average Bonchev–Trinajstić information content (AvgIpc) is 3.15. The van der Waals surface area contributed by atoms with E-state index in [2.05, 4.69) is 30.1 Å². The molecule has 102 valence electrons. The number of nitriles is 1. The van der Waals surface area contributed by atoms with Crippen LogP contribution in [0.3, 0.4) is 0 Å². The number of rotatable bonds is 5. The molecule has 0 aromatic heterocycles. The second kappa shape index (κ2) is 5.68. The summed E-state index contributed by atoms with van der Waals surface area (Å²) in [6, 6.07) is 2.86. The summed E-state index contributed by atoms with van der Waals surface area (Å²) in [5, 5.41) is 13.1. The van der Waals surface area contributed by atoms with E-state index < -0.39 is 16.3 Å². The summed E-state index contributed by atoms with van der Waals surface area (Å²) in [7, 11) is -0.642. The van der Waals surface area contributed by atoms with Crippen LogP contribution in [0, 0.1) is 17.2 Å². The van der Waals surface area contributed by atoms with Crippen LogP contribution in [0.25, 0.3) is 0 Å². The molecule has 1 atom stereocenters. The maximum Gasteiger partial charge on any atom is 0.122 e. The summed E-state index contributed by atoms with van der Waals surface area (Å²) in [5.41, 5.74) is -0.396. The second-order valence-electron chi connectivity index (χ2n) is 5.78. The summed E-state index contributed by atoms with van der Waals surface area (Å²) in [5.74, 6) is 2.01. The lowest BCUT2D eigenvalue weighted by Crippen LogP contribution is -2.58. The van der Waals surface area contributed by atoms with Crippen LogP contribution in [0.15, 0.2) is 0 Å². The molecule has 1 saturated carbocycles. The van der Waals surface area contributed by atoms with Crippen LogP contribution in [0.2, 0.25) is 0 Å². The maximum atomic E-state index is 11.4. The summed E-state index contributed by atoms with van der Waals surface area (Å²) in [6.07, 6.45) is 2.32.